The fourth-order valence-electron chi connectivity index (χ4n) is 4.45. The van der Waals surface area contributed by atoms with Gasteiger partial charge in [-0.2, -0.15) is 4.98 Å². The topological polar surface area (TPSA) is 75.6 Å². The number of carbonyl (C=O) groups is 1. The molecule has 0 aliphatic carbocycles. The Balaban J connectivity index is 1.17. The lowest BCUT2D eigenvalue weighted by atomic mass is 9.96. The zero-order valence-electron chi connectivity index (χ0n) is 17.9. The SMILES string of the molecule is Cc1ccc(-c2noc(C3CCN(C(=O)c4ccc(CN5CCCC5)o4)CC3)n2)cc1. The molecular weight excluding hydrogens is 392 g/mol. The fraction of sp³-hybridized carbons (Fsp3) is 0.458. The number of benzene rings is 1. The summed E-state index contributed by atoms with van der Waals surface area (Å²) in [6.07, 6.45) is 4.10. The summed E-state index contributed by atoms with van der Waals surface area (Å²) in [6, 6.07) is 11.8. The first kappa shape index (κ1) is 20.0. The van der Waals surface area contributed by atoms with Crippen LogP contribution in [0.1, 0.15) is 59.4 Å². The first-order valence-electron chi connectivity index (χ1n) is 11.2. The number of aryl methyl sites for hydroxylation is 1. The van der Waals surface area contributed by atoms with Gasteiger partial charge in [0.15, 0.2) is 5.76 Å². The monoisotopic (exact) mass is 420 g/mol. The van der Waals surface area contributed by atoms with Crippen molar-refractivity contribution in [3.8, 4) is 11.4 Å². The highest BCUT2D eigenvalue weighted by molar-refractivity contribution is 5.91. The summed E-state index contributed by atoms with van der Waals surface area (Å²) in [5.74, 6) is 2.74. The van der Waals surface area contributed by atoms with Gasteiger partial charge in [0.25, 0.3) is 5.91 Å². The predicted octanol–water partition coefficient (Wildman–Crippen LogP) is 4.25. The minimum atomic E-state index is -0.0306. The van der Waals surface area contributed by atoms with E-state index in [4.69, 9.17) is 8.94 Å². The summed E-state index contributed by atoms with van der Waals surface area (Å²) in [5, 5.41) is 4.15. The Hall–Kier alpha value is -2.93. The Kier molecular flexibility index (Phi) is 5.59. The molecule has 0 N–H and O–H groups in total. The largest absolute Gasteiger partial charge is 0.455 e. The van der Waals surface area contributed by atoms with Gasteiger partial charge in [0.2, 0.25) is 11.7 Å². The molecule has 0 bridgehead atoms. The first-order chi connectivity index (χ1) is 15.2. The van der Waals surface area contributed by atoms with Crippen LogP contribution >= 0.6 is 0 Å². The van der Waals surface area contributed by atoms with Crippen LogP contribution in [0.4, 0.5) is 0 Å². The molecule has 1 amide bonds. The summed E-state index contributed by atoms with van der Waals surface area (Å²) in [4.78, 5) is 21.7. The highest BCUT2D eigenvalue weighted by Gasteiger charge is 2.29. The fourth-order valence-corrected chi connectivity index (χ4v) is 4.45. The summed E-state index contributed by atoms with van der Waals surface area (Å²) < 4.78 is 11.4. The molecule has 31 heavy (non-hydrogen) atoms. The van der Waals surface area contributed by atoms with Gasteiger partial charge in [-0.15, -0.1) is 0 Å². The summed E-state index contributed by atoms with van der Waals surface area (Å²) in [6.45, 7) is 6.38. The summed E-state index contributed by atoms with van der Waals surface area (Å²) >= 11 is 0. The highest BCUT2D eigenvalue weighted by atomic mass is 16.5. The normalized spacial score (nSPS) is 18.0. The minimum absolute atomic E-state index is 0.0306. The van der Waals surface area contributed by atoms with E-state index in [1.807, 2.05) is 41.3 Å². The number of aromatic nitrogens is 2. The van der Waals surface area contributed by atoms with Crippen LogP contribution in [0.25, 0.3) is 11.4 Å². The van der Waals surface area contributed by atoms with E-state index in [-0.39, 0.29) is 11.8 Å². The van der Waals surface area contributed by atoms with Gasteiger partial charge >= 0.3 is 0 Å². The van der Waals surface area contributed by atoms with Gasteiger partial charge in [-0.25, -0.2) is 0 Å². The Labute approximate surface area is 182 Å². The van der Waals surface area contributed by atoms with Crippen LogP contribution in [-0.4, -0.2) is 52.0 Å². The molecule has 5 rings (SSSR count). The van der Waals surface area contributed by atoms with E-state index >= 15 is 0 Å². The maximum atomic E-state index is 12.9. The van der Waals surface area contributed by atoms with Crippen molar-refractivity contribution < 1.29 is 13.7 Å². The number of hydrogen-bond donors (Lipinski definition) is 0. The smallest absolute Gasteiger partial charge is 0.289 e. The molecule has 0 atom stereocenters. The molecule has 0 spiro atoms. The standard InChI is InChI=1S/C24H28N4O3/c1-17-4-6-18(7-5-17)22-25-23(31-26-22)19-10-14-28(15-11-19)24(29)21-9-8-20(30-21)16-27-12-2-3-13-27/h4-9,19H,2-3,10-16H2,1H3. The number of carbonyl (C=O) groups excluding carboxylic acids is 1. The van der Waals surface area contributed by atoms with E-state index in [1.165, 1.54) is 18.4 Å². The third-order valence-electron chi connectivity index (χ3n) is 6.33. The molecule has 2 saturated heterocycles. The van der Waals surface area contributed by atoms with Gasteiger partial charge in [-0.3, -0.25) is 9.69 Å². The molecule has 2 aromatic heterocycles. The van der Waals surface area contributed by atoms with Crippen molar-refractivity contribution in [3.05, 3.63) is 59.4 Å². The molecule has 0 saturated carbocycles. The van der Waals surface area contributed by atoms with Gasteiger partial charge < -0.3 is 13.8 Å². The number of rotatable bonds is 5. The van der Waals surface area contributed by atoms with Gasteiger partial charge in [-0.1, -0.05) is 35.0 Å². The van der Waals surface area contributed by atoms with Crippen LogP contribution < -0.4 is 0 Å². The van der Waals surface area contributed by atoms with E-state index in [9.17, 15) is 4.79 Å². The third-order valence-corrected chi connectivity index (χ3v) is 6.33. The van der Waals surface area contributed by atoms with Gasteiger partial charge in [-0.05, 0) is 57.8 Å². The minimum Gasteiger partial charge on any atom is -0.455 e. The van der Waals surface area contributed by atoms with E-state index in [1.54, 1.807) is 0 Å². The van der Waals surface area contributed by atoms with E-state index < -0.39 is 0 Å². The molecule has 2 aliphatic heterocycles. The molecule has 2 fully saturated rings. The van der Waals surface area contributed by atoms with Crippen molar-refractivity contribution in [2.24, 2.45) is 0 Å². The second-order valence-corrected chi connectivity index (χ2v) is 8.64. The quantitative estimate of drug-likeness (QED) is 0.614. The zero-order valence-corrected chi connectivity index (χ0v) is 17.9. The molecule has 7 heteroatoms. The van der Waals surface area contributed by atoms with Gasteiger partial charge in [0.05, 0.1) is 6.54 Å². The number of piperidine rings is 1. The maximum absolute atomic E-state index is 12.9. The Morgan fingerprint density at radius 2 is 1.77 bits per heavy atom. The third kappa shape index (κ3) is 4.42. The summed E-state index contributed by atoms with van der Waals surface area (Å²) in [5.41, 5.74) is 2.15. The number of nitrogens with zero attached hydrogens (tertiary/aromatic N) is 4. The number of amides is 1. The van der Waals surface area contributed by atoms with Gasteiger partial charge in [0.1, 0.15) is 5.76 Å². The Morgan fingerprint density at radius 3 is 2.52 bits per heavy atom. The number of likely N-dealkylation sites (tertiary alicyclic amines) is 2. The van der Waals surface area contributed by atoms with Crippen molar-refractivity contribution >= 4 is 5.91 Å². The molecule has 0 radical (unpaired) electrons. The Morgan fingerprint density at radius 1 is 1.03 bits per heavy atom. The van der Waals surface area contributed by atoms with E-state index in [0.717, 1.165) is 43.8 Å². The van der Waals surface area contributed by atoms with Crippen LogP contribution in [0.2, 0.25) is 0 Å². The molecule has 7 nitrogen and oxygen atoms in total. The lowest BCUT2D eigenvalue weighted by Gasteiger charge is -2.29. The van der Waals surface area contributed by atoms with E-state index in [0.29, 0.717) is 30.6 Å². The van der Waals surface area contributed by atoms with Crippen molar-refractivity contribution in [3.63, 3.8) is 0 Å². The van der Waals surface area contributed by atoms with Crippen LogP contribution in [0.3, 0.4) is 0 Å². The van der Waals surface area contributed by atoms with Gasteiger partial charge in [0, 0.05) is 24.6 Å². The predicted molar refractivity (Wildman–Crippen MR) is 116 cm³/mol. The number of furan rings is 1. The first-order valence-corrected chi connectivity index (χ1v) is 11.2. The number of hydrogen-bond acceptors (Lipinski definition) is 6. The zero-order chi connectivity index (χ0) is 21.2. The van der Waals surface area contributed by atoms with Crippen molar-refractivity contribution in [1.82, 2.24) is 19.9 Å². The van der Waals surface area contributed by atoms with Crippen molar-refractivity contribution in [2.75, 3.05) is 26.2 Å². The van der Waals surface area contributed by atoms with Crippen LogP contribution in [0.5, 0.6) is 0 Å². The van der Waals surface area contributed by atoms with Crippen molar-refractivity contribution in [2.45, 2.75) is 45.1 Å². The molecular formula is C24H28N4O3. The van der Waals surface area contributed by atoms with Crippen LogP contribution in [-0.2, 0) is 6.54 Å². The highest BCUT2D eigenvalue weighted by Crippen LogP contribution is 2.29. The lowest BCUT2D eigenvalue weighted by molar-refractivity contribution is 0.0669. The maximum Gasteiger partial charge on any atom is 0.289 e. The average molecular weight is 421 g/mol. The molecule has 4 heterocycles. The summed E-state index contributed by atoms with van der Waals surface area (Å²) in [7, 11) is 0. The molecule has 0 unspecified atom stereocenters. The lowest BCUT2D eigenvalue weighted by Crippen LogP contribution is -2.37. The molecule has 2 aliphatic rings. The molecule has 1 aromatic carbocycles. The van der Waals surface area contributed by atoms with Crippen LogP contribution in [0.15, 0.2) is 45.3 Å². The second kappa shape index (κ2) is 8.67. The van der Waals surface area contributed by atoms with Crippen LogP contribution in [0, 0.1) is 6.92 Å². The molecule has 162 valence electrons. The molecule has 3 aromatic rings. The second-order valence-electron chi connectivity index (χ2n) is 8.64. The van der Waals surface area contributed by atoms with E-state index in [2.05, 4.69) is 22.0 Å². The Bertz CT molecular complexity index is 1030. The van der Waals surface area contributed by atoms with Crippen molar-refractivity contribution in [1.29, 1.82) is 0 Å². The average Bonchev–Trinajstić information content (AvgIpc) is 3.57.